The molecule has 1 aliphatic heterocycles. The van der Waals surface area contributed by atoms with Crippen LogP contribution in [0.15, 0.2) is 24.5 Å². The minimum Gasteiger partial charge on any atom is -0.362 e. The van der Waals surface area contributed by atoms with E-state index >= 15 is 0 Å². The average Bonchev–Trinajstić information content (AvgIpc) is 2.95. The van der Waals surface area contributed by atoms with E-state index in [4.69, 9.17) is 0 Å². The molecule has 0 radical (unpaired) electrons. The first kappa shape index (κ1) is 12.3. The van der Waals surface area contributed by atoms with Gasteiger partial charge in [-0.05, 0) is 17.7 Å². The van der Waals surface area contributed by atoms with Crippen LogP contribution in [0.3, 0.4) is 0 Å². The minimum atomic E-state index is 0.743. The number of nitrogens with one attached hydrogen (secondary N) is 2. The quantitative estimate of drug-likeness (QED) is 0.867. The fourth-order valence-corrected chi connectivity index (χ4v) is 2.61. The second-order valence-electron chi connectivity index (χ2n) is 4.38. The molecule has 1 saturated heterocycles. The molecule has 1 fully saturated rings. The fraction of sp³-hybridized carbons (Fsp3) is 0.417. The summed E-state index contributed by atoms with van der Waals surface area (Å²) in [5.74, 6) is 1.85. The van der Waals surface area contributed by atoms with E-state index < -0.39 is 0 Å². The topological polar surface area (TPSA) is 66.0 Å². The number of aromatic nitrogens is 3. The summed E-state index contributed by atoms with van der Waals surface area (Å²) in [6.45, 7) is 4.71. The van der Waals surface area contributed by atoms with Crippen LogP contribution in [0.1, 0.15) is 5.56 Å². The second-order valence-corrected chi connectivity index (χ2v) is 4.91. The zero-order chi connectivity index (χ0) is 12.9. The van der Waals surface area contributed by atoms with Crippen LogP contribution in [0, 0.1) is 0 Å². The third kappa shape index (κ3) is 2.99. The first-order valence-corrected chi connectivity index (χ1v) is 7.07. The summed E-state index contributed by atoms with van der Waals surface area (Å²) in [6.07, 6.45) is 3.60. The molecule has 1 aliphatic rings. The molecule has 0 bridgehead atoms. The summed E-state index contributed by atoms with van der Waals surface area (Å²) in [5.41, 5.74) is 1.19. The van der Waals surface area contributed by atoms with Crippen molar-refractivity contribution in [3.8, 4) is 0 Å². The maximum absolute atomic E-state index is 4.41. The Labute approximate surface area is 116 Å². The summed E-state index contributed by atoms with van der Waals surface area (Å²) in [4.78, 5) is 6.29. The Morgan fingerprint density at radius 1 is 1.21 bits per heavy atom. The third-order valence-electron chi connectivity index (χ3n) is 3.10. The Hall–Kier alpha value is -1.73. The van der Waals surface area contributed by atoms with Crippen molar-refractivity contribution in [1.29, 1.82) is 0 Å². The Morgan fingerprint density at radius 2 is 2.00 bits per heavy atom. The first-order chi connectivity index (χ1) is 9.43. The van der Waals surface area contributed by atoms with Gasteiger partial charge in [-0.15, -0.1) is 0 Å². The van der Waals surface area contributed by atoms with Gasteiger partial charge in [0.05, 0.1) is 11.7 Å². The highest BCUT2D eigenvalue weighted by Crippen LogP contribution is 2.23. The largest absolute Gasteiger partial charge is 0.362 e. The highest BCUT2D eigenvalue weighted by atomic mass is 32.1. The van der Waals surface area contributed by atoms with Crippen LogP contribution < -0.4 is 15.5 Å². The Morgan fingerprint density at radius 3 is 2.79 bits per heavy atom. The minimum absolute atomic E-state index is 0.743. The van der Waals surface area contributed by atoms with Crippen molar-refractivity contribution in [2.75, 3.05) is 36.4 Å². The molecule has 0 amide bonds. The molecule has 0 aromatic carbocycles. The molecular weight excluding hydrogens is 260 g/mol. The first-order valence-electron chi connectivity index (χ1n) is 6.34. The molecule has 0 unspecified atom stereocenters. The second kappa shape index (κ2) is 5.94. The number of rotatable bonds is 4. The van der Waals surface area contributed by atoms with E-state index in [1.54, 1.807) is 12.4 Å². The molecule has 2 aromatic rings. The fourth-order valence-electron chi connectivity index (χ4n) is 2.07. The van der Waals surface area contributed by atoms with Crippen molar-refractivity contribution < 1.29 is 0 Å². The average molecular weight is 276 g/mol. The third-order valence-corrected chi connectivity index (χ3v) is 3.62. The number of hydrogen-bond acceptors (Lipinski definition) is 7. The lowest BCUT2D eigenvalue weighted by molar-refractivity contribution is 0.586. The van der Waals surface area contributed by atoms with Crippen molar-refractivity contribution in [3.63, 3.8) is 0 Å². The molecule has 6 nitrogen and oxygen atoms in total. The van der Waals surface area contributed by atoms with E-state index in [-0.39, 0.29) is 0 Å². The van der Waals surface area contributed by atoms with Gasteiger partial charge in [0.2, 0.25) is 0 Å². The zero-order valence-electron chi connectivity index (χ0n) is 10.5. The van der Waals surface area contributed by atoms with Crippen LogP contribution in [0.4, 0.5) is 11.6 Å². The molecule has 3 rings (SSSR count). The lowest BCUT2D eigenvalue weighted by Crippen LogP contribution is -2.43. The smallest absolute Gasteiger partial charge is 0.187 e. The molecule has 19 heavy (non-hydrogen) atoms. The van der Waals surface area contributed by atoms with Gasteiger partial charge in [0.15, 0.2) is 11.6 Å². The van der Waals surface area contributed by atoms with Crippen LogP contribution in [0.25, 0.3) is 0 Å². The van der Waals surface area contributed by atoms with Crippen LogP contribution >= 0.6 is 11.7 Å². The predicted molar refractivity (Wildman–Crippen MR) is 76.6 cm³/mol. The van der Waals surface area contributed by atoms with Gasteiger partial charge in [0, 0.05) is 45.1 Å². The molecule has 100 valence electrons. The van der Waals surface area contributed by atoms with Crippen molar-refractivity contribution >= 4 is 23.4 Å². The maximum Gasteiger partial charge on any atom is 0.187 e. The molecule has 0 atom stereocenters. The molecular formula is C12H16N6S. The highest BCUT2D eigenvalue weighted by Gasteiger charge is 2.17. The van der Waals surface area contributed by atoms with Gasteiger partial charge in [0.25, 0.3) is 0 Å². The van der Waals surface area contributed by atoms with E-state index in [0.29, 0.717) is 0 Å². The normalized spacial score (nSPS) is 15.5. The van der Waals surface area contributed by atoms with Crippen molar-refractivity contribution in [2.45, 2.75) is 6.54 Å². The van der Waals surface area contributed by atoms with E-state index in [9.17, 15) is 0 Å². The van der Waals surface area contributed by atoms with Crippen molar-refractivity contribution in [3.05, 3.63) is 30.1 Å². The lowest BCUT2D eigenvalue weighted by Gasteiger charge is -2.27. The standard InChI is InChI=1S/C12H16N6S/c1-3-13-4-2-10(1)9-15-11-12(17-19-16-11)18-7-5-14-6-8-18/h1-4,14H,5-9H2,(H,15,16). The van der Waals surface area contributed by atoms with E-state index in [1.807, 2.05) is 12.1 Å². The van der Waals surface area contributed by atoms with Gasteiger partial charge in [0.1, 0.15) is 0 Å². The molecule has 0 saturated carbocycles. The van der Waals surface area contributed by atoms with Crippen molar-refractivity contribution in [1.82, 2.24) is 19.0 Å². The van der Waals surface area contributed by atoms with E-state index in [2.05, 4.69) is 29.3 Å². The van der Waals surface area contributed by atoms with Crippen LogP contribution in [0.2, 0.25) is 0 Å². The maximum atomic E-state index is 4.41. The molecule has 0 spiro atoms. The van der Waals surface area contributed by atoms with Gasteiger partial charge in [-0.3, -0.25) is 4.98 Å². The summed E-state index contributed by atoms with van der Waals surface area (Å²) in [7, 11) is 0. The van der Waals surface area contributed by atoms with Crippen molar-refractivity contribution in [2.24, 2.45) is 0 Å². The summed E-state index contributed by atoms with van der Waals surface area (Å²) < 4.78 is 8.75. The Balaban J connectivity index is 1.66. The number of nitrogens with zero attached hydrogens (tertiary/aromatic N) is 4. The van der Waals surface area contributed by atoms with Gasteiger partial charge >= 0.3 is 0 Å². The van der Waals surface area contributed by atoms with Crippen LogP contribution in [-0.4, -0.2) is 39.9 Å². The van der Waals surface area contributed by atoms with E-state index in [0.717, 1.165) is 44.4 Å². The number of pyridine rings is 1. The molecule has 3 heterocycles. The van der Waals surface area contributed by atoms with Gasteiger partial charge in [-0.25, -0.2) is 0 Å². The van der Waals surface area contributed by atoms with E-state index in [1.165, 1.54) is 17.3 Å². The van der Waals surface area contributed by atoms with Gasteiger partial charge in [-0.2, -0.15) is 8.75 Å². The molecule has 0 aliphatic carbocycles. The highest BCUT2D eigenvalue weighted by molar-refractivity contribution is 6.99. The number of hydrogen-bond donors (Lipinski definition) is 2. The number of anilines is 2. The van der Waals surface area contributed by atoms with Crippen LogP contribution in [0.5, 0.6) is 0 Å². The summed E-state index contributed by atoms with van der Waals surface area (Å²) >= 11 is 1.26. The van der Waals surface area contributed by atoms with Gasteiger partial charge < -0.3 is 15.5 Å². The molecule has 2 aromatic heterocycles. The predicted octanol–water partition coefficient (Wildman–Crippen LogP) is 0.955. The Bertz CT molecular complexity index is 508. The lowest BCUT2D eigenvalue weighted by atomic mass is 10.3. The Kier molecular flexibility index (Phi) is 3.85. The zero-order valence-corrected chi connectivity index (χ0v) is 11.4. The molecule has 7 heteroatoms. The number of piperazine rings is 1. The summed E-state index contributed by atoms with van der Waals surface area (Å²) in [5, 5.41) is 6.69. The van der Waals surface area contributed by atoms with Gasteiger partial charge in [-0.1, -0.05) is 0 Å². The molecule has 2 N–H and O–H groups in total. The SMILES string of the molecule is c1cc(CNc2nsnc2N2CCNCC2)ccn1. The van der Waals surface area contributed by atoms with Crippen LogP contribution in [-0.2, 0) is 6.54 Å². The summed E-state index contributed by atoms with van der Waals surface area (Å²) in [6, 6.07) is 3.99. The monoisotopic (exact) mass is 276 g/mol.